The number of benzene rings is 4. The van der Waals surface area contributed by atoms with E-state index in [-0.39, 0.29) is 29.8 Å². The summed E-state index contributed by atoms with van der Waals surface area (Å²) in [7, 11) is 0. The highest BCUT2D eigenvalue weighted by molar-refractivity contribution is 6.52. The third-order valence-electron chi connectivity index (χ3n) is 8.18. The van der Waals surface area contributed by atoms with Gasteiger partial charge in [0.05, 0.1) is 11.4 Å². The number of nitrogens with one attached hydrogen (secondary N) is 1. The minimum absolute atomic E-state index is 0.0188. The summed E-state index contributed by atoms with van der Waals surface area (Å²) >= 11 is 6.40. The van der Waals surface area contributed by atoms with Crippen LogP contribution in [0.5, 0.6) is 0 Å². The van der Waals surface area contributed by atoms with Crippen LogP contribution in [0.25, 0.3) is 11.6 Å². The largest absolute Gasteiger partial charge is 0.360 e. The van der Waals surface area contributed by atoms with Gasteiger partial charge >= 0.3 is 0 Å². The van der Waals surface area contributed by atoms with Crippen LogP contribution < -0.4 is 15.8 Å². The topological polar surface area (TPSA) is 75.6 Å². The maximum atomic E-state index is 13.5. The number of allylic oxidation sites excluding steroid dienone is 1. The van der Waals surface area contributed by atoms with Crippen molar-refractivity contribution in [3.8, 4) is 0 Å². The van der Waals surface area contributed by atoms with Crippen LogP contribution in [0.4, 0.5) is 11.4 Å². The Bertz CT molecular complexity index is 2080. The summed E-state index contributed by atoms with van der Waals surface area (Å²) in [6.45, 7) is 3.62. The highest BCUT2D eigenvalue weighted by Gasteiger charge is 2.38. The SMILES string of the molecule is C1=CNc2ccccc2N=C1.CC(C)C(=O)CC1=c2ccc3c(c2C(=O)C(Cl)C1=O)C(c1ccccc1)C=c1ccccc1=3. The number of para-hydroxylation sites is 2. The minimum Gasteiger partial charge on any atom is -0.360 e. The van der Waals surface area contributed by atoms with E-state index in [1.807, 2.05) is 111 Å². The number of hydrogen-bond donors (Lipinski definition) is 1. The summed E-state index contributed by atoms with van der Waals surface area (Å²) in [4.78, 5) is 43.3. The molecule has 0 radical (unpaired) electrons. The van der Waals surface area contributed by atoms with Crippen molar-refractivity contribution >= 4 is 58.2 Å². The van der Waals surface area contributed by atoms with Crippen LogP contribution in [-0.2, 0) is 9.59 Å². The Balaban J connectivity index is 0.000000261. The monoisotopic (exact) mass is 598 g/mol. The zero-order chi connectivity index (χ0) is 30.8. The van der Waals surface area contributed by atoms with Gasteiger partial charge in [-0.2, -0.15) is 0 Å². The number of carbonyl (C=O) groups is 3. The Morgan fingerprint density at radius 2 is 1.55 bits per heavy atom. The van der Waals surface area contributed by atoms with E-state index < -0.39 is 11.2 Å². The molecule has 2 unspecified atom stereocenters. The smallest absolute Gasteiger partial charge is 0.189 e. The van der Waals surface area contributed by atoms with E-state index >= 15 is 0 Å². The van der Waals surface area contributed by atoms with Gasteiger partial charge in [0.2, 0.25) is 0 Å². The maximum Gasteiger partial charge on any atom is 0.189 e. The van der Waals surface area contributed by atoms with Gasteiger partial charge in [-0.3, -0.25) is 19.4 Å². The first-order chi connectivity index (χ1) is 21.3. The molecule has 0 saturated heterocycles. The Morgan fingerprint density at radius 1 is 0.841 bits per heavy atom. The molecule has 6 heteroatoms. The molecule has 2 atom stereocenters. The van der Waals surface area contributed by atoms with Gasteiger partial charge < -0.3 is 5.32 Å². The second-order valence-electron chi connectivity index (χ2n) is 11.3. The van der Waals surface area contributed by atoms with Crippen molar-refractivity contribution in [2.75, 3.05) is 5.32 Å². The molecular weight excluding hydrogens is 568 g/mol. The number of anilines is 1. The van der Waals surface area contributed by atoms with Crippen molar-refractivity contribution < 1.29 is 14.4 Å². The van der Waals surface area contributed by atoms with Crippen LogP contribution in [0.15, 0.2) is 108 Å². The second kappa shape index (κ2) is 12.4. The summed E-state index contributed by atoms with van der Waals surface area (Å²) in [6.07, 6.45) is 7.67. The third-order valence-corrected chi connectivity index (χ3v) is 8.57. The number of aliphatic imine (C=N–C) groups is 1. The number of fused-ring (bicyclic) bond motifs is 5. The molecule has 1 heterocycles. The van der Waals surface area contributed by atoms with Gasteiger partial charge in [-0.15, -0.1) is 11.6 Å². The van der Waals surface area contributed by atoms with Crippen molar-refractivity contribution in [3.63, 3.8) is 0 Å². The standard InChI is InChI=1S/C29H23ClO3.C9H8N2/c1-16(2)24(31)15-23-21-13-12-20-19-11-7-6-10-18(19)14-22(17-8-4-3-5-9-17)25(20)26(21)29(33)27(30)28(23)32;1-2-5-9-8(4-1)10-6-3-7-11-9/h3-14,16,22,27H,15H2,1-2H3;1-7,10H. The molecular formula is C38H31ClN2O3. The molecule has 0 spiro atoms. The van der Waals surface area contributed by atoms with E-state index in [4.69, 9.17) is 11.6 Å². The van der Waals surface area contributed by atoms with E-state index in [0.29, 0.717) is 16.4 Å². The Labute approximate surface area is 260 Å². The molecule has 3 aliphatic rings. The van der Waals surface area contributed by atoms with Crippen molar-refractivity contribution in [3.05, 3.63) is 141 Å². The molecule has 5 nitrogen and oxygen atoms in total. The Kier molecular flexibility index (Phi) is 8.23. The van der Waals surface area contributed by atoms with Crippen molar-refractivity contribution in [2.24, 2.45) is 10.9 Å². The number of alkyl halides is 1. The lowest BCUT2D eigenvalue weighted by Gasteiger charge is -2.26. The van der Waals surface area contributed by atoms with Crippen molar-refractivity contribution in [2.45, 2.75) is 31.6 Å². The van der Waals surface area contributed by atoms with E-state index in [1.165, 1.54) is 0 Å². The first-order valence-corrected chi connectivity index (χ1v) is 15.1. The molecule has 7 rings (SSSR count). The molecule has 0 amide bonds. The van der Waals surface area contributed by atoms with E-state index in [9.17, 15) is 14.4 Å². The van der Waals surface area contributed by atoms with Gasteiger partial charge in [0, 0.05) is 41.8 Å². The number of halogens is 1. The number of Topliss-reactive ketones (excluding diaryl/α,β-unsaturated/α-hetero) is 3. The molecule has 0 fully saturated rings. The molecule has 2 aliphatic carbocycles. The number of ketones is 3. The Hall–Kier alpha value is -4.87. The summed E-state index contributed by atoms with van der Waals surface area (Å²) in [5.74, 6) is -1.27. The first-order valence-electron chi connectivity index (χ1n) is 14.7. The van der Waals surface area contributed by atoms with Crippen LogP contribution in [0.1, 0.15) is 47.7 Å². The molecule has 4 aromatic carbocycles. The van der Waals surface area contributed by atoms with Gasteiger partial charge in [-0.1, -0.05) is 98.8 Å². The predicted molar refractivity (Wildman–Crippen MR) is 177 cm³/mol. The minimum atomic E-state index is -1.31. The lowest BCUT2D eigenvalue weighted by molar-refractivity contribution is -0.122. The number of rotatable bonds is 4. The maximum absolute atomic E-state index is 13.5. The summed E-state index contributed by atoms with van der Waals surface area (Å²) < 4.78 is 0. The van der Waals surface area contributed by atoms with E-state index in [0.717, 1.165) is 38.2 Å². The second-order valence-corrected chi connectivity index (χ2v) is 11.7. The van der Waals surface area contributed by atoms with Crippen LogP contribution in [0.3, 0.4) is 0 Å². The number of hydrogen-bond acceptors (Lipinski definition) is 5. The molecule has 218 valence electrons. The molecule has 4 aromatic rings. The summed E-state index contributed by atoms with van der Waals surface area (Å²) in [5, 5.41) is 5.45. The highest BCUT2D eigenvalue weighted by Crippen LogP contribution is 2.34. The van der Waals surface area contributed by atoms with Gasteiger partial charge in [0.15, 0.2) is 16.9 Å². The fourth-order valence-electron chi connectivity index (χ4n) is 5.87. The summed E-state index contributed by atoms with van der Waals surface area (Å²) in [5.41, 5.74) is 4.76. The normalized spacial score (nSPS) is 17.6. The van der Waals surface area contributed by atoms with Crippen LogP contribution in [0, 0.1) is 16.4 Å². The molecule has 0 saturated carbocycles. The molecule has 0 bridgehead atoms. The van der Waals surface area contributed by atoms with Gasteiger partial charge in [0.25, 0.3) is 0 Å². The lowest BCUT2D eigenvalue weighted by atomic mass is 9.77. The van der Waals surface area contributed by atoms with E-state index in [1.54, 1.807) is 6.21 Å². The third kappa shape index (κ3) is 5.47. The molecule has 1 N–H and O–H groups in total. The molecule has 44 heavy (non-hydrogen) atoms. The Morgan fingerprint density at radius 3 is 2.34 bits per heavy atom. The number of nitrogens with zero attached hydrogens (tertiary/aromatic N) is 1. The average molecular weight is 599 g/mol. The summed E-state index contributed by atoms with van der Waals surface area (Å²) in [6, 6.07) is 29.8. The zero-order valence-electron chi connectivity index (χ0n) is 24.5. The fraction of sp³-hybridized carbons (Fsp3) is 0.158. The van der Waals surface area contributed by atoms with Crippen LogP contribution >= 0.6 is 11.6 Å². The average Bonchev–Trinajstić information content (AvgIpc) is 3.31. The highest BCUT2D eigenvalue weighted by atomic mass is 35.5. The van der Waals surface area contributed by atoms with Crippen molar-refractivity contribution in [1.29, 1.82) is 0 Å². The van der Waals surface area contributed by atoms with Gasteiger partial charge in [0.1, 0.15) is 5.78 Å². The van der Waals surface area contributed by atoms with Gasteiger partial charge in [-0.25, -0.2) is 0 Å². The molecule has 1 aliphatic heterocycles. The predicted octanol–water partition coefficient (Wildman–Crippen LogP) is 6.37. The fourth-order valence-corrected chi connectivity index (χ4v) is 6.11. The number of carbonyl (C=O) groups excluding carboxylic acids is 3. The van der Waals surface area contributed by atoms with Crippen molar-refractivity contribution in [1.82, 2.24) is 0 Å². The zero-order valence-corrected chi connectivity index (χ0v) is 25.2. The van der Waals surface area contributed by atoms with E-state index in [2.05, 4.69) is 22.5 Å². The lowest BCUT2D eigenvalue weighted by Crippen LogP contribution is -2.41. The first kappa shape index (κ1) is 29.2. The molecule has 0 aromatic heterocycles. The van der Waals surface area contributed by atoms with Gasteiger partial charge in [-0.05, 0) is 50.2 Å². The van der Waals surface area contributed by atoms with Crippen LogP contribution in [0.2, 0.25) is 0 Å². The quantitative estimate of drug-likeness (QED) is 0.219. The van der Waals surface area contributed by atoms with Crippen LogP contribution in [-0.4, -0.2) is 28.9 Å².